The summed E-state index contributed by atoms with van der Waals surface area (Å²) in [6.07, 6.45) is 3.22. The molecule has 0 nitrogen and oxygen atoms in total. The van der Waals surface area contributed by atoms with Crippen LogP contribution in [-0.2, 0) is 12.8 Å². The molecule has 0 bridgehead atoms. The van der Waals surface area contributed by atoms with E-state index in [2.05, 4.69) is 6.92 Å². The highest BCUT2D eigenvalue weighted by atomic mass is 19.2. The maximum Gasteiger partial charge on any atom is 0.170 e. The summed E-state index contributed by atoms with van der Waals surface area (Å²) in [4.78, 5) is 0. The first-order valence-electron chi connectivity index (χ1n) is 8.75. The van der Waals surface area contributed by atoms with Crippen LogP contribution in [0.1, 0.15) is 37.8 Å². The third-order valence-electron chi connectivity index (χ3n) is 4.53. The van der Waals surface area contributed by atoms with Crippen molar-refractivity contribution in [1.82, 2.24) is 0 Å². The number of benzene rings is 3. The number of hydrogen-bond acceptors (Lipinski definition) is 0. The van der Waals surface area contributed by atoms with Crippen molar-refractivity contribution in [2.45, 2.75) is 39.5 Å². The molecule has 0 saturated heterocycles. The zero-order valence-electron chi connectivity index (χ0n) is 14.5. The Labute approximate surface area is 146 Å². The molecule has 0 spiro atoms. The van der Waals surface area contributed by atoms with Crippen LogP contribution >= 0.6 is 0 Å². The lowest BCUT2D eigenvalue weighted by Crippen LogP contribution is -1.98. The summed E-state index contributed by atoms with van der Waals surface area (Å²) in [6, 6.07) is 12.3. The highest BCUT2D eigenvalue weighted by molar-refractivity contribution is 5.89. The molecule has 130 valence electrons. The zero-order chi connectivity index (χ0) is 18.0. The topological polar surface area (TPSA) is 0 Å². The summed E-state index contributed by atoms with van der Waals surface area (Å²) in [5.74, 6) is -2.76. The van der Waals surface area contributed by atoms with E-state index in [0.29, 0.717) is 22.9 Å². The molecule has 0 heterocycles. The second-order valence-corrected chi connectivity index (χ2v) is 6.39. The number of hydrogen-bond donors (Lipinski definition) is 0. The van der Waals surface area contributed by atoms with Gasteiger partial charge in [-0.2, -0.15) is 0 Å². The molecule has 0 aliphatic carbocycles. The van der Waals surface area contributed by atoms with E-state index < -0.39 is 17.5 Å². The lowest BCUT2D eigenvalue weighted by molar-refractivity contribution is 0.513. The fourth-order valence-electron chi connectivity index (χ4n) is 3.24. The van der Waals surface area contributed by atoms with Gasteiger partial charge in [0.15, 0.2) is 11.6 Å². The van der Waals surface area contributed by atoms with Crippen molar-refractivity contribution in [2.75, 3.05) is 0 Å². The molecular weight excluding hydrogens is 321 g/mol. The number of halogens is 3. The molecule has 0 atom stereocenters. The second-order valence-electron chi connectivity index (χ2n) is 6.39. The fourth-order valence-corrected chi connectivity index (χ4v) is 3.24. The van der Waals surface area contributed by atoms with Gasteiger partial charge in [0.2, 0.25) is 0 Å². The molecule has 0 aliphatic heterocycles. The summed E-state index contributed by atoms with van der Waals surface area (Å²) in [5.41, 5.74) is 2.33. The van der Waals surface area contributed by atoms with E-state index in [1.165, 1.54) is 6.07 Å². The van der Waals surface area contributed by atoms with Gasteiger partial charge in [-0.05, 0) is 41.0 Å². The van der Waals surface area contributed by atoms with Crippen LogP contribution in [0.4, 0.5) is 13.2 Å². The molecule has 0 N–H and O–H groups in total. The molecule has 3 aromatic carbocycles. The maximum absolute atomic E-state index is 14.6. The van der Waals surface area contributed by atoms with Gasteiger partial charge in [0.25, 0.3) is 0 Å². The van der Waals surface area contributed by atoms with Crippen molar-refractivity contribution in [3.8, 4) is 11.1 Å². The Morgan fingerprint density at radius 1 is 0.720 bits per heavy atom. The van der Waals surface area contributed by atoms with Gasteiger partial charge in [-0.1, -0.05) is 63.1 Å². The van der Waals surface area contributed by atoms with E-state index in [1.807, 2.05) is 19.1 Å². The minimum absolute atomic E-state index is 0.163. The molecule has 0 unspecified atom stereocenters. The van der Waals surface area contributed by atoms with Gasteiger partial charge in [0.1, 0.15) is 5.82 Å². The Morgan fingerprint density at radius 3 is 2.04 bits per heavy atom. The van der Waals surface area contributed by atoms with Crippen molar-refractivity contribution >= 4 is 10.8 Å². The van der Waals surface area contributed by atoms with E-state index in [9.17, 15) is 13.2 Å². The van der Waals surface area contributed by atoms with E-state index >= 15 is 0 Å². The molecule has 25 heavy (non-hydrogen) atoms. The molecule has 0 aliphatic rings. The second kappa shape index (κ2) is 7.30. The summed E-state index contributed by atoms with van der Waals surface area (Å²) < 4.78 is 43.8. The lowest BCUT2D eigenvalue weighted by Gasteiger charge is -2.11. The molecule has 0 amide bonds. The monoisotopic (exact) mass is 342 g/mol. The smallest absolute Gasteiger partial charge is 0.170 e. The maximum atomic E-state index is 14.6. The molecule has 3 rings (SSSR count). The SMILES string of the molecule is CCCc1ccc(-c2cc3ccc(CCC)c(F)c3c(F)c2F)cc1. The van der Waals surface area contributed by atoms with Gasteiger partial charge >= 0.3 is 0 Å². The van der Waals surface area contributed by atoms with Crippen LogP contribution in [0.5, 0.6) is 0 Å². The Hall–Kier alpha value is -2.29. The quantitative estimate of drug-likeness (QED) is 0.477. The van der Waals surface area contributed by atoms with Crippen molar-refractivity contribution in [3.63, 3.8) is 0 Å². The van der Waals surface area contributed by atoms with Crippen LogP contribution in [0.15, 0.2) is 42.5 Å². The molecule has 0 radical (unpaired) electrons. The van der Waals surface area contributed by atoms with Crippen LogP contribution in [0.3, 0.4) is 0 Å². The third-order valence-corrected chi connectivity index (χ3v) is 4.53. The third kappa shape index (κ3) is 3.28. The highest BCUT2D eigenvalue weighted by Gasteiger charge is 2.19. The van der Waals surface area contributed by atoms with Gasteiger partial charge < -0.3 is 0 Å². The molecule has 3 heteroatoms. The largest absolute Gasteiger partial charge is 0.206 e. The Balaban J connectivity index is 2.14. The van der Waals surface area contributed by atoms with Crippen LogP contribution in [0.2, 0.25) is 0 Å². The summed E-state index contributed by atoms with van der Waals surface area (Å²) in [5, 5.41) is 0.124. The first-order chi connectivity index (χ1) is 12.1. The minimum Gasteiger partial charge on any atom is -0.206 e. The average molecular weight is 342 g/mol. The van der Waals surface area contributed by atoms with Gasteiger partial charge in [-0.25, -0.2) is 13.2 Å². The number of aryl methyl sites for hydroxylation is 2. The molecule has 0 saturated carbocycles. The van der Waals surface area contributed by atoms with E-state index in [0.717, 1.165) is 24.8 Å². The normalized spacial score (nSPS) is 11.2. The van der Waals surface area contributed by atoms with Crippen molar-refractivity contribution in [1.29, 1.82) is 0 Å². The van der Waals surface area contributed by atoms with Gasteiger partial charge in [-0.3, -0.25) is 0 Å². The Bertz CT molecular complexity index is 896. The average Bonchev–Trinajstić information content (AvgIpc) is 2.61. The predicted octanol–water partition coefficient (Wildman–Crippen LogP) is 6.83. The molecular formula is C22H21F3. The van der Waals surface area contributed by atoms with E-state index in [-0.39, 0.29) is 10.9 Å². The van der Waals surface area contributed by atoms with Crippen LogP contribution in [0.25, 0.3) is 21.9 Å². The van der Waals surface area contributed by atoms with Crippen LogP contribution in [0, 0.1) is 17.5 Å². The van der Waals surface area contributed by atoms with Gasteiger partial charge in [0, 0.05) is 5.56 Å². The standard InChI is InChI=1S/C22H21F3/c1-3-5-14-7-9-15(10-8-14)18-13-17-12-11-16(6-4-2)20(23)19(17)22(25)21(18)24/h7-13H,3-6H2,1-2H3. The number of rotatable bonds is 5. The summed E-state index contributed by atoms with van der Waals surface area (Å²) >= 11 is 0. The van der Waals surface area contributed by atoms with E-state index in [1.54, 1.807) is 24.3 Å². The number of fused-ring (bicyclic) bond motifs is 1. The minimum atomic E-state index is -1.11. The summed E-state index contributed by atoms with van der Waals surface area (Å²) in [6.45, 7) is 4.01. The zero-order valence-corrected chi connectivity index (χ0v) is 14.5. The molecule has 0 fully saturated rings. The lowest BCUT2D eigenvalue weighted by atomic mass is 9.96. The first-order valence-corrected chi connectivity index (χ1v) is 8.75. The molecule has 3 aromatic rings. The highest BCUT2D eigenvalue weighted by Crippen LogP contribution is 2.33. The van der Waals surface area contributed by atoms with Crippen LogP contribution in [-0.4, -0.2) is 0 Å². The summed E-state index contributed by atoms with van der Waals surface area (Å²) in [7, 11) is 0. The first kappa shape index (κ1) is 17.5. The Kier molecular flexibility index (Phi) is 5.12. The molecule has 0 aromatic heterocycles. The van der Waals surface area contributed by atoms with Gasteiger partial charge in [0.05, 0.1) is 5.39 Å². The van der Waals surface area contributed by atoms with Crippen molar-refractivity contribution in [2.24, 2.45) is 0 Å². The predicted molar refractivity (Wildman–Crippen MR) is 97.2 cm³/mol. The fraction of sp³-hybridized carbons (Fsp3) is 0.273. The van der Waals surface area contributed by atoms with Crippen molar-refractivity contribution < 1.29 is 13.2 Å². The van der Waals surface area contributed by atoms with E-state index in [4.69, 9.17) is 0 Å². The van der Waals surface area contributed by atoms with Crippen molar-refractivity contribution in [3.05, 3.63) is 71.0 Å². The van der Waals surface area contributed by atoms with Crippen LogP contribution < -0.4 is 0 Å². The van der Waals surface area contributed by atoms with Gasteiger partial charge in [-0.15, -0.1) is 0 Å². The Morgan fingerprint density at radius 2 is 1.40 bits per heavy atom.